The first-order valence-corrected chi connectivity index (χ1v) is 7.40. The van der Waals surface area contributed by atoms with E-state index < -0.39 is 11.0 Å². The van der Waals surface area contributed by atoms with Crippen LogP contribution >= 0.6 is 0 Å². The smallest absolute Gasteiger partial charge is 0.269 e. The SMILES string of the molecule is CNc1ccc([N+](=O)[O-])cc1C(O)c1cc(OC)c(OC)c(OC)c1. The second-order valence-corrected chi connectivity index (χ2v) is 5.14. The molecule has 0 radical (unpaired) electrons. The molecule has 1 atom stereocenters. The van der Waals surface area contributed by atoms with Crippen molar-refractivity contribution in [1.29, 1.82) is 0 Å². The molecule has 2 aromatic rings. The summed E-state index contributed by atoms with van der Waals surface area (Å²) in [4.78, 5) is 10.5. The molecule has 0 bridgehead atoms. The molecule has 1 unspecified atom stereocenters. The predicted octanol–water partition coefficient (Wildman–Crippen LogP) is 2.74. The molecule has 134 valence electrons. The van der Waals surface area contributed by atoms with Gasteiger partial charge in [-0.1, -0.05) is 0 Å². The third kappa shape index (κ3) is 3.58. The largest absolute Gasteiger partial charge is 0.493 e. The molecule has 0 aliphatic heterocycles. The molecule has 25 heavy (non-hydrogen) atoms. The Hall–Kier alpha value is -3.00. The van der Waals surface area contributed by atoms with Crippen LogP contribution in [-0.4, -0.2) is 38.4 Å². The van der Waals surface area contributed by atoms with Crippen molar-refractivity contribution in [2.45, 2.75) is 6.10 Å². The topological polar surface area (TPSA) is 103 Å². The number of aliphatic hydroxyl groups is 1. The van der Waals surface area contributed by atoms with Crippen LogP contribution in [0.15, 0.2) is 30.3 Å². The number of rotatable bonds is 7. The van der Waals surface area contributed by atoms with Crippen LogP contribution in [0.1, 0.15) is 17.2 Å². The van der Waals surface area contributed by atoms with Crippen molar-refractivity contribution in [2.75, 3.05) is 33.7 Å². The zero-order chi connectivity index (χ0) is 18.6. The summed E-state index contributed by atoms with van der Waals surface area (Å²) in [6, 6.07) is 7.46. The van der Waals surface area contributed by atoms with Gasteiger partial charge in [-0.15, -0.1) is 0 Å². The Morgan fingerprint density at radius 3 is 2.12 bits per heavy atom. The molecule has 0 saturated carbocycles. The molecule has 2 rings (SSSR count). The van der Waals surface area contributed by atoms with E-state index in [9.17, 15) is 15.2 Å². The van der Waals surface area contributed by atoms with E-state index in [2.05, 4.69) is 5.32 Å². The van der Waals surface area contributed by atoms with Crippen LogP contribution in [0.4, 0.5) is 11.4 Å². The van der Waals surface area contributed by atoms with Gasteiger partial charge in [0.25, 0.3) is 5.69 Å². The van der Waals surface area contributed by atoms with Crippen molar-refractivity contribution in [3.63, 3.8) is 0 Å². The Labute approximate surface area is 145 Å². The number of nitrogens with zero attached hydrogens (tertiary/aromatic N) is 1. The zero-order valence-corrected chi connectivity index (χ0v) is 14.4. The fourth-order valence-electron chi connectivity index (χ4n) is 2.56. The normalized spacial score (nSPS) is 11.6. The minimum atomic E-state index is -1.13. The van der Waals surface area contributed by atoms with Crippen LogP contribution in [0.5, 0.6) is 17.2 Å². The highest BCUT2D eigenvalue weighted by Crippen LogP contribution is 2.42. The second kappa shape index (κ2) is 7.71. The number of nitro benzene ring substituents is 1. The number of nitrogens with one attached hydrogen (secondary N) is 1. The maximum Gasteiger partial charge on any atom is 0.269 e. The van der Waals surface area contributed by atoms with Crippen LogP contribution in [0, 0.1) is 10.1 Å². The van der Waals surface area contributed by atoms with Crippen molar-refractivity contribution in [1.82, 2.24) is 0 Å². The highest BCUT2D eigenvalue weighted by molar-refractivity contribution is 5.61. The summed E-state index contributed by atoms with van der Waals surface area (Å²) in [5.41, 5.74) is 1.28. The van der Waals surface area contributed by atoms with Gasteiger partial charge in [0.1, 0.15) is 6.10 Å². The fraction of sp³-hybridized carbons (Fsp3) is 0.294. The van der Waals surface area contributed by atoms with E-state index in [0.717, 1.165) is 0 Å². The van der Waals surface area contributed by atoms with Gasteiger partial charge in [-0.3, -0.25) is 10.1 Å². The van der Waals surface area contributed by atoms with Crippen molar-refractivity contribution >= 4 is 11.4 Å². The Kier molecular flexibility index (Phi) is 5.66. The number of non-ortho nitro benzene ring substituents is 1. The minimum Gasteiger partial charge on any atom is -0.493 e. The summed E-state index contributed by atoms with van der Waals surface area (Å²) in [5, 5.41) is 24.8. The third-order valence-electron chi connectivity index (χ3n) is 3.81. The third-order valence-corrected chi connectivity index (χ3v) is 3.81. The lowest BCUT2D eigenvalue weighted by Gasteiger charge is -2.19. The van der Waals surface area contributed by atoms with Gasteiger partial charge in [-0.05, 0) is 23.8 Å². The zero-order valence-electron chi connectivity index (χ0n) is 14.4. The van der Waals surface area contributed by atoms with Gasteiger partial charge in [-0.25, -0.2) is 0 Å². The Balaban J connectivity index is 2.59. The summed E-state index contributed by atoms with van der Waals surface area (Å²) >= 11 is 0. The summed E-state index contributed by atoms with van der Waals surface area (Å²) in [6.07, 6.45) is -1.13. The van der Waals surface area contributed by atoms with E-state index in [1.165, 1.54) is 33.5 Å². The molecule has 0 aliphatic carbocycles. The first-order chi connectivity index (χ1) is 12.0. The number of aliphatic hydroxyl groups excluding tert-OH is 1. The lowest BCUT2D eigenvalue weighted by Crippen LogP contribution is -2.06. The van der Waals surface area contributed by atoms with E-state index in [1.807, 2.05) is 0 Å². The van der Waals surface area contributed by atoms with Crippen molar-refractivity contribution in [2.24, 2.45) is 0 Å². The van der Waals surface area contributed by atoms with E-state index in [4.69, 9.17) is 14.2 Å². The molecule has 0 fully saturated rings. The molecule has 0 saturated heterocycles. The quantitative estimate of drug-likeness (QED) is 0.586. The van der Waals surface area contributed by atoms with Gasteiger partial charge in [0.15, 0.2) is 11.5 Å². The Morgan fingerprint density at radius 2 is 1.68 bits per heavy atom. The van der Waals surface area contributed by atoms with Crippen molar-refractivity contribution in [3.8, 4) is 17.2 Å². The molecule has 2 N–H and O–H groups in total. The number of nitro groups is 1. The van der Waals surface area contributed by atoms with Gasteiger partial charge < -0.3 is 24.6 Å². The van der Waals surface area contributed by atoms with E-state index in [0.29, 0.717) is 34.1 Å². The number of hydrogen-bond donors (Lipinski definition) is 2. The lowest BCUT2D eigenvalue weighted by atomic mass is 9.98. The van der Waals surface area contributed by atoms with E-state index in [1.54, 1.807) is 25.2 Å². The summed E-state index contributed by atoms with van der Waals surface area (Å²) in [6.45, 7) is 0. The lowest BCUT2D eigenvalue weighted by molar-refractivity contribution is -0.384. The monoisotopic (exact) mass is 348 g/mol. The standard InChI is InChI=1S/C17H20N2O6/c1-18-13-6-5-11(19(21)22)9-12(13)16(20)10-7-14(23-2)17(25-4)15(8-10)24-3/h5-9,16,18,20H,1-4H3. The molecule has 0 aliphatic rings. The first-order valence-electron chi connectivity index (χ1n) is 7.40. The fourth-order valence-corrected chi connectivity index (χ4v) is 2.56. The van der Waals surface area contributed by atoms with Gasteiger partial charge in [-0.2, -0.15) is 0 Å². The molecule has 2 aromatic carbocycles. The average Bonchev–Trinajstić information content (AvgIpc) is 2.65. The number of anilines is 1. The highest BCUT2D eigenvalue weighted by atomic mass is 16.6. The van der Waals surface area contributed by atoms with Crippen molar-refractivity contribution in [3.05, 3.63) is 51.6 Å². The van der Waals surface area contributed by atoms with Crippen LogP contribution in [0.2, 0.25) is 0 Å². The van der Waals surface area contributed by atoms with Gasteiger partial charge in [0.05, 0.1) is 26.3 Å². The van der Waals surface area contributed by atoms with Crippen LogP contribution < -0.4 is 19.5 Å². The number of ether oxygens (including phenoxy) is 3. The summed E-state index contributed by atoms with van der Waals surface area (Å²) in [7, 11) is 6.10. The van der Waals surface area contributed by atoms with Gasteiger partial charge in [0.2, 0.25) is 5.75 Å². The first kappa shape index (κ1) is 18.3. The van der Waals surface area contributed by atoms with E-state index >= 15 is 0 Å². The second-order valence-electron chi connectivity index (χ2n) is 5.14. The van der Waals surface area contributed by atoms with Gasteiger partial charge in [0, 0.05) is 30.4 Å². The molecule has 0 heterocycles. The summed E-state index contributed by atoms with van der Waals surface area (Å²) in [5.74, 6) is 1.16. The minimum absolute atomic E-state index is 0.111. The molecule has 0 spiro atoms. The number of benzene rings is 2. The number of hydrogen-bond acceptors (Lipinski definition) is 7. The Bertz CT molecular complexity index is 753. The van der Waals surface area contributed by atoms with Crippen molar-refractivity contribution < 1.29 is 24.2 Å². The van der Waals surface area contributed by atoms with Crippen LogP contribution in [-0.2, 0) is 0 Å². The molecular weight excluding hydrogens is 328 g/mol. The van der Waals surface area contributed by atoms with Crippen LogP contribution in [0.25, 0.3) is 0 Å². The molecule has 8 heteroatoms. The molecule has 0 aromatic heterocycles. The average molecular weight is 348 g/mol. The maximum atomic E-state index is 11.0. The predicted molar refractivity (Wildman–Crippen MR) is 92.8 cm³/mol. The molecule has 8 nitrogen and oxygen atoms in total. The van der Waals surface area contributed by atoms with E-state index in [-0.39, 0.29) is 5.69 Å². The highest BCUT2D eigenvalue weighted by Gasteiger charge is 2.22. The molecular formula is C17H20N2O6. The molecule has 0 amide bonds. The van der Waals surface area contributed by atoms with Gasteiger partial charge >= 0.3 is 0 Å². The maximum absolute atomic E-state index is 11.0. The summed E-state index contributed by atoms with van der Waals surface area (Å²) < 4.78 is 15.8. The number of methoxy groups -OCH3 is 3. The Morgan fingerprint density at radius 1 is 1.08 bits per heavy atom. The van der Waals surface area contributed by atoms with Crippen LogP contribution in [0.3, 0.4) is 0 Å².